The van der Waals surface area contributed by atoms with E-state index in [-0.39, 0.29) is 21.5 Å². The van der Waals surface area contributed by atoms with Crippen molar-refractivity contribution in [2.45, 2.75) is 0 Å². The van der Waals surface area contributed by atoms with Crippen molar-refractivity contribution in [1.29, 1.82) is 0 Å². The summed E-state index contributed by atoms with van der Waals surface area (Å²) in [4.78, 5) is 0. The van der Waals surface area contributed by atoms with E-state index >= 15 is 0 Å². The van der Waals surface area contributed by atoms with Gasteiger partial charge in [0.15, 0.2) is 5.75 Å². The number of rotatable bonds is 0. The van der Waals surface area contributed by atoms with Crippen molar-refractivity contribution in [3.63, 3.8) is 0 Å². The normalized spacial score (nSPS) is 9.74. The Morgan fingerprint density at radius 3 is 1.63 bits per heavy atom. The third-order valence-corrected chi connectivity index (χ3v) is 3.72. The standard InChI is InChI=1S/C6H3BrCl2O.C6H4BrClO/c7-3-1-4(8)6(10)5(9)2-3;7-4-1-2-6(9)5(8)3-4/h1-2,10H;1-3,9H. The molecule has 0 aliphatic carbocycles. The lowest BCUT2D eigenvalue weighted by Gasteiger charge is -1.98. The van der Waals surface area contributed by atoms with E-state index in [0.29, 0.717) is 5.02 Å². The van der Waals surface area contributed by atoms with Crippen LogP contribution in [0.1, 0.15) is 0 Å². The molecule has 2 nitrogen and oxygen atoms in total. The van der Waals surface area contributed by atoms with Crippen molar-refractivity contribution in [3.8, 4) is 11.5 Å². The number of hydrogen-bond acceptors (Lipinski definition) is 2. The van der Waals surface area contributed by atoms with Crippen LogP contribution in [0.25, 0.3) is 0 Å². The Labute approximate surface area is 142 Å². The average Bonchev–Trinajstić information content (AvgIpc) is 2.32. The lowest BCUT2D eigenvalue weighted by molar-refractivity contribution is 0.475. The van der Waals surface area contributed by atoms with Gasteiger partial charge < -0.3 is 10.2 Å². The molecule has 0 aromatic heterocycles. The van der Waals surface area contributed by atoms with E-state index in [2.05, 4.69) is 31.9 Å². The Balaban J connectivity index is 0.000000191. The van der Waals surface area contributed by atoms with E-state index in [9.17, 15) is 0 Å². The van der Waals surface area contributed by atoms with E-state index < -0.39 is 0 Å². The lowest BCUT2D eigenvalue weighted by Crippen LogP contribution is -1.71. The van der Waals surface area contributed by atoms with Crippen LogP contribution in [-0.4, -0.2) is 10.2 Å². The van der Waals surface area contributed by atoms with Crippen LogP contribution in [0.4, 0.5) is 0 Å². The molecule has 0 unspecified atom stereocenters. The fourth-order valence-electron chi connectivity index (χ4n) is 1.02. The number of phenolic OH excluding ortho intramolecular Hbond substituents is 2. The minimum atomic E-state index is -0.0773. The SMILES string of the molecule is Oc1c(Cl)cc(Br)cc1Cl.Oc1ccc(Br)cc1Cl. The van der Waals surface area contributed by atoms with Crippen molar-refractivity contribution >= 4 is 66.7 Å². The molecule has 0 amide bonds. The van der Waals surface area contributed by atoms with Gasteiger partial charge in [0.2, 0.25) is 0 Å². The van der Waals surface area contributed by atoms with Crippen molar-refractivity contribution in [2.75, 3.05) is 0 Å². The second-order valence-electron chi connectivity index (χ2n) is 3.31. The minimum absolute atomic E-state index is 0.0773. The third-order valence-electron chi connectivity index (χ3n) is 1.89. The molecule has 0 radical (unpaired) electrons. The summed E-state index contributed by atoms with van der Waals surface area (Å²) in [6.45, 7) is 0. The van der Waals surface area contributed by atoms with Crippen LogP contribution < -0.4 is 0 Å². The Morgan fingerprint density at radius 1 is 0.737 bits per heavy atom. The molecule has 0 spiro atoms. The smallest absolute Gasteiger partial charge is 0.152 e. The molecular formula is C12H7Br2Cl3O2. The molecule has 0 aliphatic rings. The number of benzene rings is 2. The minimum Gasteiger partial charge on any atom is -0.506 e. The second kappa shape index (κ2) is 7.60. The number of hydrogen-bond donors (Lipinski definition) is 2. The van der Waals surface area contributed by atoms with Crippen LogP contribution in [0.5, 0.6) is 11.5 Å². The summed E-state index contributed by atoms with van der Waals surface area (Å²) in [5.74, 6) is 0.0337. The molecule has 2 aromatic carbocycles. The summed E-state index contributed by atoms with van der Waals surface area (Å²) < 4.78 is 1.62. The lowest BCUT2D eigenvalue weighted by atomic mass is 10.3. The quantitative estimate of drug-likeness (QED) is 0.498. The topological polar surface area (TPSA) is 40.5 Å². The summed E-state index contributed by atoms with van der Waals surface area (Å²) in [6.07, 6.45) is 0. The predicted octanol–water partition coefficient (Wildman–Crippen LogP) is 6.27. The number of phenols is 2. The molecule has 19 heavy (non-hydrogen) atoms. The number of halogens is 5. The van der Waals surface area contributed by atoms with E-state index in [1.165, 1.54) is 6.07 Å². The van der Waals surface area contributed by atoms with Crippen molar-refractivity contribution in [3.05, 3.63) is 54.3 Å². The van der Waals surface area contributed by atoms with Gasteiger partial charge in [-0.15, -0.1) is 0 Å². The first-order chi connectivity index (χ1) is 8.81. The van der Waals surface area contributed by atoms with Crippen LogP contribution in [-0.2, 0) is 0 Å². The van der Waals surface area contributed by atoms with Gasteiger partial charge in [-0.2, -0.15) is 0 Å². The van der Waals surface area contributed by atoms with Gasteiger partial charge in [-0.1, -0.05) is 66.7 Å². The molecule has 0 bridgehead atoms. The molecule has 0 atom stereocenters. The van der Waals surface area contributed by atoms with Crippen molar-refractivity contribution in [2.24, 2.45) is 0 Å². The van der Waals surface area contributed by atoms with Crippen LogP contribution in [0, 0.1) is 0 Å². The highest BCUT2D eigenvalue weighted by Crippen LogP contribution is 2.34. The van der Waals surface area contributed by atoms with Gasteiger partial charge in [0.1, 0.15) is 5.75 Å². The van der Waals surface area contributed by atoms with E-state index in [0.717, 1.165) is 8.95 Å². The Morgan fingerprint density at radius 2 is 1.21 bits per heavy atom. The van der Waals surface area contributed by atoms with Gasteiger partial charge in [-0.3, -0.25) is 0 Å². The third kappa shape index (κ3) is 5.40. The summed E-state index contributed by atoms with van der Waals surface area (Å²) in [7, 11) is 0. The molecular weight excluding hydrogens is 442 g/mol. The van der Waals surface area contributed by atoms with Crippen molar-refractivity contribution < 1.29 is 10.2 Å². The number of aromatic hydroxyl groups is 2. The maximum atomic E-state index is 9.05. The molecule has 7 heteroatoms. The van der Waals surface area contributed by atoms with Gasteiger partial charge in [0, 0.05) is 8.95 Å². The maximum absolute atomic E-state index is 9.05. The highest BCUT2D eigenvalue weighted by Gasteiger charge is 2.03. The molecule has 102 valence electrons. The van der Waals surface area contributed by atoms with Crippen LogP contribution in [0.15, 0.2) is 39.3 Å². The molecule has 0 aliphatic heterocycles. The molecule has 2 aromatic rings. The summed E-state index contributed by atoms with van der Waals surface area (Å²) >= 11 is 23.0. The van der Waals surface area contributed by atoms with Gasteiger partial charge >= 0.3 is 0 Å². The van der Waals surface area contributed by atoms with Crippen LogP contribution in [0.3, 0.4) is 0 Å². The Bertz CT molecular complexity index is 568. The van der Waals surface area contributed by atoms with Gasteiger partial charge in [-0.25, -0.2) is 0 Å². The van der Waals surface area contributed by atoms with Gasteiger partial charge in [0.25, 0.3) is 0 Å². The zero-order valence-corrected chi connectivity index (χ0v) is 14.6. The molecule has 2 N–H and O–H groups in total. The zero-order valence-electron chi connectivity index (χ0n) is 9.17. The predicted molar refractivity (Wildman–Crippen MR) is 86.6 cm³/mol. The fourth-order valence-corrected chi connectivity index (χ4v) is 2.90. The molecule has 0 fully saturated rings. The summed E-state index contributed by atoms with van der Waals surface area (Å²) in [6, 6.07) is 8.04. The van der Waals surface area contributed by atoms with Crippen LogP contribution in [0.2, 0.25) is 15.1 Å². The Hall–Kier alpha value is -0.130. The second-order valence-corrected chi connectivity index (χ2v) is 6.37. The van der Waals surface area contributed by atoms with Gasteiger partial charge in [-0.05, 0) is 30.3 Å². The molecule has 0 saturated heterocycles. The van der Waals surface area contributed by atoms with E-state index in [4.69, 9.17) is 45.0 Å². The summed E-state index contributed by atoms with van der Waals surface area (Å²) in [5.41, 5.74) is 0. The average molecular weight is 449 g/mol. The van der Waals surface area contributed by atoms with Crippen LogP contribution >= 0.6 is 66.7 Å². The highest BCUT2D eigenvalue weighted by molar-refractivity contribution is 9.10. The highest BCUT2D eigenvalue weighted by atomic mass is 79.9. The van der Waals surface area contributed by atoms with Crippen molar-refractivity contribution in [1.82, 2.24) is 0 Å². The van der Waals surface area contributed by atoms with Gasteiger partial charge in [0.05, 0.1) is 15.1 Å². The maximum Gasteiger partial charge on any atom is 0.152 e. The van der Waals surface area contributed by atoms with E-state index in [1.807, 2.05) is 0 Å². The molecule has 2 rings (SSSR count). The first-order valence-corrected chi connectivity index (χ1v) is 7.50. The first-order valence-electron chi connectivity index (χ1n) is 4.78. The molecule has 0 saturated carbocycles. The van der Waals surface area contributed by atoms with E-state index in [1.54, 1.807) is 24.3 Å². The fraction of sp³-hybridized carbons (Fsp3) is 0. The first kappa shape index (κ1) is 16.9. The summed E-state index contributed by atoms with van der Waals surface area (Å²) in [5, 5.41) is 18.8. The largest absolute Gasteiger partial charge is 0.506 e. The Kier molecular flexibility index (Phi) is 6.77. The monoisotopic (exact) mass is 446 g/mol. The zero-order chi connectivity index (χ0) is 14.6. The molecule has 0 heterocycles.